The molecule has 0 aromatic heterocycles. The average molecular weight is 240 g/mol. The molecule has 1 amide bonds. The van der Waals surface area contributed by atoms with E-state index < -0.39 is 0 Å². The second kappa shape index (κ2) is 5.49. The van der Waals surface area contributed by atoms with E-state index in [1.54, 1.807) is 4.90 Å². The molecule has 1 unspecified atom stereocenters. The zero-order chi connectivity index (χ0) is 12.3. The van der Waals surface area contributed by atoms with Crippen molar-refractivity contribution in [3.8, 4) is 0 Å². The Morgan fingerprint density at radius 1 is 1.35 bits per heavy atom. The molecule has 1 aliphatic heterocycles. The van der Waals surface area contributed by atoms with E-state index >= 15 is 0 Å². The van der Waals surface area contributed by atoms with Crippen molar-refractivity contribution < 1.29 is 14.3 Å². The van der Waals surface area contributed by atoms with E-state index in [9.17, 15) is 9.59 Å². The molecule has 2 rings (SSSR count). The smallest absolute Gasteiger partial charge is 0.328 e. The molecule has 1 saturated carbocycles. The topological polar surface area (TPSA) is 58.6 Å². The first-order chi connectivity index (χ1) is 8.22. The van der Waals surface area contributed by atoms with Crippen molar-refractivity contribution >= 4 is 11.9 Å². The number of nitrogens with one attached hydrogen (secondary N) is 1. The van der Waals surface area contributed by atoms with Crippen LogP contribution in [0.1, 0.15) is 25.7 Å². The van der Waals surface area contributed by atoms with E-state index in [4.69, 9.17) is 4.74 Å². The minimum absolute atomic E-state index is 0.0125. The standard InChI is InChI=1S/C12H20N2O3/c1-17-12(16)10-3-2-6-14(10)11(15)8-13-7-9-4-5-9/h9-10,13H,2-8H2,1H3. The molecule has 17 heavy (non-hydrogen) atoms. The lowest BCUT2D eigenvalue weighted by atomic mass is 10.2. The number of esters is 1. The fourth-order valence-electron chi connectivity index (χ4n) is 2.25. The van der Waals surface area contributed by atoms with Gasteiger partial charge in [0.15, 0.2) is 0 Å². The van der Waals surface area contributed by atoms with Crippen LogP contribution in [0, 0.1) is 5.92 Å². The lowest BCUT2D eigenvalue weighted by Gasteiger charge is -2.22. The quantitative estimate of drug-likeness (QED) is 0.695. The highest BCUT2D eigenvalue weighted by molar-refractivity contribution is 5.86. The summed E-state index contributed by atoms with van der Waals surface area (Å²) in [6, 6.07) is -0.366. The second-order valence-electron chi connectivity index (χ2n) is 4.84. The normalized spacial score (nSPS) is 23.8. The number of amides is 1. The van der Waals surface area contributed by atoms with Crippen LogP contribution in [-0.4, -0.2) is 49.6 Å². The molecule has 0 spiro atoms. The Morgan fingerprint density at radius 2 is 2.12 bits per heavy atom. The summed E-state index contributed by atoms with van der Waals surface area (Å²) < 4.78 is 4.71. The number of likely N-dealkylation sites (tertiary alicyclic amines) is 1. The van der Waals surface area contributed by atoms with E-state index in [1.807, 2.05) is 0 Å². The van der Waals surface area contributed by atoms with Crippen LogP contribution in [0.3, 0.4) is 0 Å². The molecule has 2 aliphatic rings. The van der Waals surface area contributed by atoms with Crippen molar-refractivity contribution in [3.63, 3.8) is 0 Å². The summed E-state index contributed by atoms with van der Waals surface area (Å²) in [6.07, 6.45) is 4.15. The van der Waals surface area contributed by atoms with Crippen LogP contribution >= 0.6 is 0 Å². The van der Waals surface area contributed by atoms with Crippen LogP contribution in [0.4, 0.5) is 0 Å². The lowest BCUT2D eigenvalue weighted by Crippen LogP contribution is -2.45. The van der Waals surface area contributed by atoms with Crippen LogP contribution < -0.4 is 5.32 Å². The Kier molecular flexibility index (Phi) is 3.99. The van der Waals surface area contributed by atoms with Crippen LogP contribution in [-0.2, 0) is 14.3 Å². The summed E-state index contributed by atoms with van der Waals surface area (Å²) >= 11 is 0. The fourth-order valence-corrected chi connectivity index (χ4v) is 2.25. The van der Waals surface area contributed by atoms with E-state index in [1.165, 1.54) is 20.0 Å². The zero-order valence-electron chi connectivity index (χ0n) is 10.3. The number of ether oxygens (including phenoxy) is 1. The number of carbonyl (C=O) groups excluding carboxylic acids is 2. The van der Waals surface area contributed by atoms with Gasteiger partial charge in [-0.15, -0.1) is 0 Å². The second-order valence-corrected chi connectivity index (χ2v) is 4.84. The third-order valence-electron chi connectivity index (χ3n) is 3.45. The van der Waals surface area contributed by atoms with Gasteiger partial charge in [0.05, 0.1) is 13.7 Å². The molecule has 1 atom stereocenters. The molecule has 1 heterocycles. The highest BCUT2D eigenvalue weighted by atomic mass is 16.5. The van der Waals surface area contributed by atoms with E-state index in [0.29, 0.717) is 13.1 Å². The van der Waals surface area contributed by atoms with Crippen LogP contribution in [0.5, 0.6) is 0 Å². The molecule has 1 aliphatic carbocycles. The summed E-state index contributed by atoms with van der Waals surface area (Å²) in [4.78, 5) is 25.1. The summed E-state index contributed by atoms with van der Waals surface area (Å²) in [7, 11) is 1.37. The molecule has 0 radical (unpaired) electrons. The van der Waals surface area contributed by atoms with Crippen LogP contribution in [0.2, 0.25) is 0 Å². The molecule has 0 bridgehead atoms. The van der Waals surface area contributed by atoms with Crippen molar-refractivity contribution in [2.45, 2.75) is 31.7 Å². The van der Waals surface area contributed by atoms with Gasteiger partial charge in [0, 0.05) is 6.54 Å². The van der Waals surface area contributed by atoms with Crippen molar-refractivity contribution in [1.29, 1.82) is 0 Å². The Balaban J connectivity index is 1.77. The number of hydrogen-bond acceptors (Lipinski definition) is 4. The highest BCUT2D eigenvalue weighted by Crippen LogP contribution is 2.27. The maximum Gasteiger partial charge on any atom is 0.328 e. The van der Waals surface area contributed by atoms with Gasteiger partial charge in [-0.3, -0.25) is 4.79 Å². The van der Waals surface area contributed by atoms with Crippen LogP contribution in [0.25, 0.3) is 0 Å². The van der Waals surface area contributed by atoms with Crippen molar-refractivity contribution in [2.24, 2.45) is 5.92 Å². The minimum Gasteiger partial charge on any atom is -0.467 e. The summed E-state index contributed by atoms with van der Waals surface area (Å²) in [5, 5.41) is 3.16. The van der Waals surface area contributed by atoms with Gasteiger partial charge >= 0.3 is 5.97 Å². The average Bonchev–Trinajstić information content (AvgIpc) is 3.02. The molecule has 1 saturated heterocycles. The van der Waals surface area contributed by atoms with Gasteiger partial charge in [-0.05, 0) is 38.1 Å². The summed E-state index contributed by atoms with van der Waals surface area (Å²) in [5.41, 5.74) is 0. The number of nitrogens with zero attached hydrogens (tertiary/aromatic N) is 1. The lowest BCUT2D eigenvalue weighted by molar-refractivity contribution is -0.150. The highest BCUT2D eigenvalue weighted by Gasteiger charge is 2.34. The van der Waals surface area contributed by atoms with Crippen LogP contribution in [0.15, 0.2) is 0 Å². The first-order valence-corrected chi connectivity index (χ1v) is 6.30. The maximum absolute atomic E-state index is 11.9. The predicted molar refractivity (Wildman–Crippen MR) is 62.3 cm³/mol. The van der Waals surface area contributed by atoms with E-state index in [0.717, 1.165) is 25.3 Å². The Morgan fingerprint density at radius 3 is 2.76 bits per heavy atom. The molecule has 96 valence electrons. The van der Waals surface area contributed by atoms with E-state index in [-0.39, 0.29) is 17.9 Å². The van der Waals surface area contributed by atoms with Gasteiger partial charge in [0.1, 0.15) is 6.04 Å². The van der Waals surface area contributed by atoms with Gasteiger partial charge in [0.2, 0.25) is 5.91 Å². The molecule has 0 aromatic rings. The van der Waals surface area contributed by atoms with E-state index in [2.05, 4.69) is 5.32 Å². The van der Waals surface area contributed by atoms with Gasteiger partial charge in [-0.2, -0.15) is 0 Å². The van der Waals surface area contributed by atoms with Gasteiger partial charge in [-0.1, -0.05) is 0 Å². The van der Waals surface area contributed by atoms with Gasteiger partial charge in [0.25, 0.3) is 0 Å². The minimum atomic E-state index is -0.366. The SMILES string of the molecule is COC(=O)C1CCCN1C(=O)CNCC1CC1. The summed E-state index contributed by atoms with van der Waals surface area (Å²) in [6.45, 7) is 1.93. The van der Waals surface area contributed by atoms with Gasteiger partial charge in [-0.25, -0.2) is 4.79 Å². The molecule has 5 nitrogen and oxygen atoms in total. The first kappa shape index (κ1) is 12.4. The predicted octanol–water partition coefficient (Wildman–Crippen LogP) is 0.150. The molecule has 1 N–H and O–H groups in total. The largest absolute Gasteiger partial charge is 0.467 e. The number of rotatable bonds is 5. The van der Waals surface area contributed by atoms with Crippen molar-refractivity contribution in [3.05, 3.63) is 0 Å². The molecule has 0 aromatic carbocycles. The molecule has 2 fully saturated rings. The Bertz CT molecular complexity index is 302. The van der Waals surface area contributed by atoms with Crippen molar-refractivity contribution in [2.75, 3.05) is 26.7 Å². The molecular weight excluding hydrogens is 220 g/mol. The zero-order valence-corrected chi connectivity index (χ0v) is 10.3. The monoisotopic (exact) mass is 240 g/mol. The Hall–Kier alpha value is -1.10. The number of methoxy groups -OCH3 is 1. The first-order valence-electron chi connectivity index (χ1n) is 6.30. The van der Waals surface area contributed by atoms with Crippen molar-refractivity contribution in [1.82, 2.24) is 10.2 Å². The number of hydrogen-bond donors (Lipinski definition) is 1. The van der Waals surface area contributed by atoms with Gasteiger partial charge < -0.3 is 15.0 Å². The Labute approximate surface area is 101 Å². The third kappa shape index (κ3) is 3.19. The molecule has 5 heteroatoms. The molecular formula is C12H20N2O3. The third-order valence-corrected chi connectivity index (χ3v) is 3.45. The maximum atomic E-state index is 11.9. The fraction of sp³-hybridized carbons (Fsp3) is 0.833. The summed E-state index contributed by atoms with van der Waals surface area (Å²) in [5.74, 6) is 0.481. The number of carbonyl (C=O) groups is 2.